The van der Waals surface area contributed by atoms with Crippen molar-refractivity contribution in [2.75, 3.05) is 36.6 Å². The van der Waals surface area contributed by atoms with Crippen LogP contribution in [0, 0.1) is 0 Å². The van der Waals surface area contributed by atoms with Crippen LogP contribution in [0.5, 0.6) is 0 Å². The van der Waals surface area contributed by atoms with Crippen molar-refractivity contribution < 1.29 is 16.8 Å². The molecule has 6 nitrogen and oxygen atoms in total. The average molecular weight is 336 g/mol. The van der Waals surface area contributed by atoms with Gasteiger partial charge in [0.2, 0.25) is 10.0 Å². The standard InChI is InChI=1S/C11H16N2O4S3/c1-19(14,15)9-2-3-10(12)11(8-9)20(16,17)13-4-6-18-7-5-13/h2-3,8H,4-7,12H2,1H3. The summed E-state index contributed by atoms with van der Waals surface area (Å²) in [7, 11) is -7.22. The average Bonchev–Trinajstić information content (AvgIpc) is 2.38. The minimum absolute atomic E-state index is 0.0448. The lowest BCUT2D eigenvalue weighted by Gasteiger charge is -2.26. The Morgan fingerprint density at radius 1 is 1.15 bits per heavy atom. The zero-order valence-corrected chi connectivity index (χ0v) is 13.4. The summed E-state index contributed by atoms with van der Waals surface area (Å²) in [5.74, 6) is 1.45. The molecule has 0 spiro atoms. The van der Waals surface area contributed by atoms with Crippen molar-refractivity contribution in [3.8, 4) is 0 Å². The molecule has 0 amide bonds. The van der Waals surface area contributed by atoms with Crippen LogP contribution in [0.3, 0.4) is 0 Å². The summed E-state index contributed by atoms with van der Waals surface area (Å²) in [6.07, 6.45) is 1.03. The summed E-state index contributed by atoms with van der Waals surface area (Å²) >= 11 is 1.69. The number of rotatable bonds is 3. The van der Waals surface area contributed by atoms with Crippen LogP contribution in [0.1, 0.15) is 0 Å². The van der Waals surface area contributed by atoms with Crippen LogP contribution in [0.25, 0.3) is 0 Å². The Balaban J connectivity index is 2.50. The van der Waals surface area contributed by atoms with E-state index >= 15 is 0 Å². The van der Waals surface area contributed by atoms with E-state index in [0.717, 1.165) is 23.8 Å². The molecule has 0 unspecified atom stereocenters. The van der Waals surface area contributed by atoms with Gasteiger partial charge in [-0.2, -0.15) is 16.1 Å². The van der Waals surface area contributed by atoms with Gasteiger partial charge < -0.3 is 5.73 Å². The fraction of sp³-hybridized carbons (Fsp3) is 0.455. The molecule has 0 aromatic heterocycles. The van der Waals surface area contributed by atoms with E-state index in [2.05, 4.69) is 0 Å². The Kier molecular flexibility index (Phi) is 4.33. The van der Waals surface area contributed by atoms with Crippen LogP contribution in [-0.2, 0) is 19.9 Å². The maximum atomic E-state index is 12.5. The lowest BCUT2D eigenvalue weighted by Crippen LogP contribution is -2.38. The number of nitrogens with two attached hydrogens (primary N) is 1. The predicted molar refractivity (Wildman–Crippen MR) is 80.0 cm³/mol. The molecule has 2 N–H and O–H groups in total. The van der Waals surface area contributed by atoms with Crippen molar-refractivity contribution in [1.29, 1.82) is 0 Å². The lowest BCUT2D eigenvalue weighted by atomic mass is 10.3. The highest BCUT2D eigenvalue weighted by Gasteiger charge is 2.28. The van der Waals surface area contributed by atoms with Gasteiger partial charge in [0.05, 0.1) is 10.6 Å². The number of anilines is 1. The zero-order valence-electron chi connectivity index (χ0n) is 10.9. The van der Waals surface area contributed by atoms with Crippen molar-refractivity contribution >= 4 is 37.3 Å². The second-order valence-corrected chi connectivity index (χ2v) is 9.64. The maximum absolute atomic E-state index is 12.5. The van der Waals surface area contributed by atoms with Gasteiger partial charge >= 0.3 is 0 Å². The summed E-state index contributed by atoms with van der Waals surface area (Å²) in [5.41, 5.74) is 5.79. The monoisotopic (exact) mass is 336 g/mol. The van der Waals surface area contributed by atoms with Gasteiger partial charge in [0.1, 0.15) is 4.90 Å². The third-order valence-electron chi connectivity index (χ3n) is 3.00. The predicted octanol–water partition coefficient (Wildman–Crippen LogP) is 0.410. The number of sulfone groups is 1. The summed E-state index contributed by atoms with van der Waals surface area (Å²) in [4.78, 5) is -0.177. The SMILES string of the molecule is CS(=O)(=O)c1ccc(N)c(S(=O)(=O)N2CCSCC2)c1. The van der Waals surface area contributed by atoms with Gasteiger partial charge in [-0.15, -0.1) is 0 Å². The minimum Gasteiger partial charge on any atom is -0.398 e. The van der Waals surface area contributed by atoms with Gasteiger partial charge in [0.15, 0.2) is 9.84 Å². The number of nitrogens with zero attached hydrogens (tertiary/aromatic N) is 1. The molecule has 1 aliphatic heterocycles. The van der Waals surface area contributed by atoms with Crippen molar-refractivity contribution in [3.05, 3.63) is 18.2 Å². The highest BCUT2D eigenvalue weighted by molar-refractivity contribution is 7.99. The van der Waals surface area contributed by atoms with E-state index in [1.807, 2.05) is 0 Å². The van der Waals surface area contributed by atoms with Gasteiger partial charge in [0.25, 0.3) is 0 Å². The topological polar surface area (TPSA) is 97.5 Å². The molecule has 1 heterocycles. The van der Waals surface area contributed by atoms with E-state index in [1.54, 1.807) is 11.8 Å². The molecule has 0 saturated carbocycles. The van der Waals surface area contributed by atoms with Crippen LogP contribution in [0.15, 0.2) is 28.0 Å². The van der Waals surface area contributed by atoms with Crippen molar-refractivity contribution in [3.63, 3.8) is 0 Å². The number of nitrogen functional groups attached to an aromatic ring is 1. The maximum Gasteiger partial charge on any atom is 0.245 e. The Hall–Kier alpha value is -0.770. The number of benzene rings is 1. The molecule has 0 aliphatic carbocycles. The summed E-state index contributed by atoms with van der Waals surface area (Å²) in [6, 6.07) is 3.78. The summed E-state index contributed by atoms with van der Waals surface area (Å²) in [5, 5.41) is 0. The Bertz CT molecular complexity index is 707. The Labute approximate surface area is 123 Å². The molecule has 1 fully saturated rings. The summed E-state index contributed by atoms with van der Waals surface area (Å²) in [6.45, 7) is 0.824. The molecule has 0 bridgehead atoms. The number of sulfonamides is 1. The third-order valence-corrected chi connectivity index (χ3v) is 7.01. The first-order valence-electron chi connectivity index (χ1n) is 5.90. The van der Waals surface area contributed by atoms with E-state index in [9.17, 15) is 16.8 Å². The third kappa shape index (κ3) is 3.11. The van der Waals surface area contributed by atoms with Gasteiger partial charge in [-0.3, -0.25) is 0 Å². The van der Waals surface area contributed by atoms with Crippen LogP contribution in [0.4, 0.5) is 5.69 Å². The van der Waals surface area contributed by atoms with Crippen molar-refractivity contribution in [2.24, 2.45) is 0 Å². The summed E-state index contributed by atoms with van der Waals surface area (Å²) < 4.78 is 49.5. The van der Waals surface area contributed by atoms with Gasteiger partial charge in [-0.05, 0) is 18.2 Å². The number of thioether (sulfide) groups is 1. The van der Waals surface area contributed by atoms with E-state index < -0.39 is 19.9 Å². The minimum atomic E-state index is -3.74. The molecule has 0 radical (unpaired) electrons. The Morgan fingerprint density at radius 3 is 2.30 bits per heavy atom. The smallest absolute Gasteiger partial charge is 0.245 e. The second-order valence-electron chi connectivity index (χ2n) is 4.49. The molecule has 1 aliphatic rings. The first-order chi connectivity index (χ1) is 9.23. The highest BCUT2D eigenvalue weighted by Crippen LogP contribution is 2.27. The van der Waals surface area contributed by atoms with Crippen molar-refractivity contribution in [1.82, 2.24) is 4.31 Å². The largest absolute Gasteiger partial charge is 0.398 e. The molecule has 20 heavy (non-hydrogen) atoms. The van der Waals surface area contributed by atoms with Gasteiger partial charge in [-0.25, -0.2) is 16.8 Å². The zero-order chi connectivity index (χ0) is 15.0. The van der Waals surface area contributed by atoms with E-state index in [0.29, 0.717) is 13.1 Å². The van der Waals surface area contributed by atoms with E-state index in [4.69, 9.17) is 5.73 Å². The molecule has 1 aromatic rings. The Morgan fingerprint density at radius 2 is 1.75 bits per heavy atom. The molecular weight excluding hydrogens is 320 g/mol. The first kappa shape index (κ1) is 15.6. The lowest BCUT2D eigenvalue weighted by molar-refractivity contribution is 0.443. The number of hydrogen-bond donors (Lipinski definition) is 1. The fourth-order valence-electron chi connectivity index (χ4n) is 1.89. The van der Waals surface area contributed by atoms with Gasteiger partial charge in [0, 0.05) is 30.9 Å². The second kappa shape index (κ2) is 5.55. The molecule has 0 atom stereocenters. The fourth-order valence-corrected chi connectivity index (χ4v) is 5.33. The molecule has 2 rings (SSSR count). The van der Waals surface area contributed by atoms with E-state index in [-0.39, 0.29) is 15.5 Å². The van der Waals surface area contributed by atoms with E-state index in [1.165, 1.54) is 16.4 Å². The van der Waals surface area contributed by atoms with Crippen LogP contribution >= 0.6 is 11.8 Å². The number of hydrogen-bond acceptors (Lipinski definition) is 6. The molecule has 1 saturated heterocycles. The van der Waals surface area contributed by atoms with Crippen LogP contribution in [-0.4, -0.2) is 52.0 Å². The molecule has 112 valence electrons. The first-order valence-corrected chi connectivity index (χ1v) is 10.4. The van der Waals surface area contributed by atoms with Crippen LogP contribution < -0.4 is 5.73 Å². The molecular formula is C11H16N2O4S3. The quantitative estimate of drug-likeness (QED) is 0.803. The van der Waals surface area contributed by atoms with Crippen LogP contribution in [0.2, 0.25) is 0 Å². The van der Waals surface area contributed by atoms with Crippen molar-refractivity contribution in [2.45, 2.75) is 9.79 Å². The normalized spacial score (nSPS) is 18.1. The van der Waals surface area contributed by atoms with Gasteiger partial charge in [-0.1, -0.05) is 0 Å². The molecule has 9 heteroatoms. The highest BCUT2D eigenvalue weighted by atomic mass is 32.2. The molecule has 1 aromatic carbocycles.